The van der Waals surface area contributed by atoms with Crippen LogP contribution in [-0.2, 0) is 6.54 Å². The van der Waals surface area contributed by atoms with E-state index in [0.717, 1.165) is 32.4 Å². The summed E-state index contributed by atoms with van der Waals surface area (Å²) < 4.78 is 0. The molecule has 166 valence electrons. The maximum atomic E-state index is 11.4. The van der Waals surface area contributed by atoms with Gasteiger partial charge in [-0.15, -0.1) is 0 Å². The average molecular weight is 429 g/mol. The van der Waals surface area contributed by atoms with Gasteiger partial charge in [-0.1, -0.05) is 91.0 Å². The Labute approximate surface area is 191 Å². The molecule has 0 atom stereocenters. The topological polar surface area (TPSA) is 43.8 Å². The lowest BCUT2D eigenvalue weighted by atomic mass is 9.88. The summed E-state index contributed by atoms with van der Waals surface area (Å²) in [5.74, 6) is 0.342. The molecule has 32 heavy (non-hydrogen) atoms. The number of nitrogens with zero attached hydrogens (tertiary/aromatic N) is 2. The minimum absolute atomic E-state index is 0.342. The van der Waals surface area contributed by atoms with Crippen molar-refractivity contribution in [1.29, 1.82) is 0 Å². The molecule has 4 nitrogen and oxygen atoms in total. The summed E-state index contributed by atoms with van der Waals surface area (Å²) in [6.45, 7) is 3.11. The number of carbonyl (C=O) groups is 1. The minimum Gasteiger partial charge on any atom is -0.465 e. The summed E-state index contributed by atoms with van der Waals surface area (Å²) in [7, 11) is 0. The van der Waals surface area contributed by atoms with Crippen LogP contribution in [0.4, 0.5) is 4.79 Å². The smallest absolute Gasteiger partial charge is 0.407 e. The molecule has 0 spiro atoms. The van der Waals surface area contributed by atoms with Crippen LogP contribution in [0.3, 0.4) is 0 Å². The van der Waals surface area contributed by atoms with Gasteiger partial charge in [0, 0.05) is 31.6 Å². The first-order valence-electron chi connectivity index (χ1n) is 11.6. The fraction of sp³-hybridized carbons (Fsp3) is 0.321. The van der Waals surface area contributed by atoms with Crippen LogP contribution in [0.2, 0.25) is 0 Å². The van der Waals surface area contributed by atoms with Crippen LogP contribution in [0, 0.1) is 0 Å². The van der Waals surface area contributed by atoms with Crippen molar-refractivity contribution in [3.05, 3.63) is 108 Å². The minimum atomic E-state index is -0.800. The highest BCUT2D eigenvalue weighted by molar-refractivity contribution is 5.65. The van der Waals surface area contributed by atoms with Crippen LogP contribution < -0.4 is 0 Å². The molecule has 1 heterocycles. The van der Waals surface area contributed by atoms with Gasteiger partial charge < -0.3 is 10.0 Å². The highest BCUT2D eigenvalue weighted by Gasteiger charge is 2.27. The van der Waals surface area contributed by atoms with E-state index in [0.29, 0.717) is 25.0 Å². The zero-order valence-electron chi connectivity index (χ0n) is 18.5. The number of hydrogen-bond donors (Lipinski definition) is 1. The SMILES string of the molecule is O=C(O)N1CCC(N(CCC(c2ccccc2)c2ccccc2)Cc2ccccc2)CC1. The molecule has 1 amide bonds. The molecule has 3 aromatic rings. The second-order valence-electron chi connectivity index (χ2n) is 8.62. The molecule has 4 rings (SSSR count). The third kappa shape index (κ3) is 5.77. The van der Waals surface area contributed by atoms with Crippen LogP contribution in [0.15, 0.2) is 91.0 Å². The Bertz CT molecular complexity index is 915. The lowest BCUT2D eigenvalue weighted by Gasteiger charge is -2.38. The zero-order valence-corrected chi connectivity index (χ0v) is 18.5. The predicted octanol–water partition coefficient (Wildman–Crippen LogP) is 5.85. The van der Waals surface area contributed by atoms with Crippen molar-refractivity contribution in [1.82, 2.24) is 9.80 Å². The number of carboxylic acid groups (broad SMARTS) is 1. The van der Waals surface area contributed by atoms with Gasteiger partial charge in [0.25, 0.3) is 0 Å². The zero-order chi connectivity index (χ0) is 22.2. The van der Waals surface area contributed by atoms with Gasteiger partial charge in [0.05, 0.1) is 0 Å². The van der Waals surface area contributed by atoms with E-state index in [4.69, 9.17) is 0 Å². The molecule has 1 aliphatic rings. The summed E-state index contributed by atoms with van der Waals surface area (Å²) in [6.07, 6.45) is 2.01. The highest BCUT2D eigenvalue weighted by Crippen LogP contribution is 2.29. The first-order valence-corrected chi connectivity index (χ1v) is 11.6. The van der Waals surface area contributed by atoms with Gasteiger partial charge in [-0.2, -0.15) is 0 Å². The quantitative estimate of drug-likeness (QED) is 0.489. The van der Waals surface area contributed by atoms with Crippen LogP contribution in [0.25, 0.3) is 0 Å². The van der Waals surface area contributed by atoms with Crippen molar-refractivity contribution in [2.45, 2.75) is 37.8 Å². The third-order valence-electron chi connectivity index (χ3n) is 6.59. The molecule has 0 unspecified atom stereocenters. The van der Waals surface area contributed by atoms with Crippen molar-refractivity contribution in [2.75, 3.05) is 19.6 Å². The monoisotopic (exact) mass is 428 g/mol. The Hall–Kier alpha value is -3.11. The normalized spacial score (nSPS) is 14.8. The largest absolute Gasteiger partial charge is 0.465 e. The molecule has 0 aromatic heterocycles. The fourth-order valence-corrected chi connectivity index (χ4v) is 4.82. The van der Waals surface area contributed by atoms with Crippen LogP contribution in [0.1, 0.15) is 41.9 Å². The van der Waals surface area contributed by atoms with Crippen molar-refractivity contribution in [3.8, 4) is 0 Å². The van der Waals surface area contributed by atoms with E-state index in [1.165, 1.54) is 16.7 Å². The average Bonchev–Trinajstić information content (AvgIpc) is 2.85. The van der Waals surface area contributed by atoms with Gasteiger partial charge in [0.1, 0.15) is 0 Å². The van der Waals surface area contributed by atoms with E-state index >= 15 is 0 Å². The summed E-state index contributed by atoms with van der Waals surface area (Å²) >= 11 is 0. The Kier molecular flexibility index (Phi) is 7.57. The van der Waals surface area contributed by atoms with E-state index in [-0.39, 0.29) is 0 Å². The summed E-state index contributed by atoms with van der Waals surface area (Å²) in [5, 5.41) is 9.34. The van der Waals surface area contributed by atoms with Crippen molar-refractivity contribution >= 4 is 6.09 Å². The molecular formula is C28H32N2O2. The molecular weight excluding hydrogens is 396 g/mol. The van der Waals surface area contributed by atoms with Crippen LogP contribution in [0.5, 0.6) is 0 Å². The maximum absolute atomic E-state index is 11.4. The Morgan fingerprint density at radius 3 is 1.84 bits per heavy atom. The van der Waals surface area contributed by atoms with Crippen molar-refractivity contribution < 1.29 is 9.90 Å². The highest BCUT2D eigenvalue weighted by atomic mass is 16.4. The van der Waals surface area contributed by atoms with Gasteiger partial charge >= 0.3 is 6.09 Å². The molecule has 1 fully saturated rings. The second kappa shape index (κ2) is 11.0. The molecule has 0 aliphatic carbocycles. The summed E-state index contributed by atoms with van der Waals surface area (Å²) in [6, 6.07) is 32.5. The first-order chi connectivity index (χ1) is 15.7. The first kappa shape index (κ1) is 22.1. The fourth-order valence-electron chi connectivity index (χ4n) is 4.82. The molecule has 0 radical (unpaired) electrons. The molecule has 3 aromatic carbocycles. The molecule has 1 N–H and O–H groups in total. The molecule has 1 saturated heterocycles. The maximum Gasteiger partial charge on any atom is 0.407 e. The third-order valence-corrected chi connectivity index (χ3v) is 6.59. The van der Waals surface area contributed by atoms with Crippen LogP contribution in [-0.4, -0.2) is 46.7 Å². The van der Waals surface area contributed by atoms with Crippen LogP contribution >= 0.6 is 0 Å². The number of piperidine rings is 1. The van der Waals surface area contributed by atoms with E-state index in [9.17, 15) is 9.90 Å². The van der Waals surface area contributed by atoms with E-state index in [1.807, 2.05) is 0 Å². The number of amides is 1. The van der Waals surface area contributed by atoms with Gasteiger partial charge in [-0.25, -0.2) is 4.79 Å². The number of likely N-dealkylation sites (tertiary alicyclic amines) is 1. The van der Waals surface area contributed by atoms with E-state index in [1.54, 1.807) is 4.90 Å². The molecule has 4 heteroatoms. The lowest BCUT2D eigenvalue weighted by Crippen LogP contribution is -2.46. The van der Waals surface area contributed by atoms with E-state index < -0.39 is 6.09 Å². The molecule has 1 aliphatic heterocycles. The lowest BCUT2D eigenvalue weighted by molar-refractivity contribution is 0.0899. The Morgan fingerprint density at radius 2 is 1.34 bits per heavy atom. The molecule has 0 bridgehead atoms. The second-order valence-corrected chi connectivity index (χ2v) is 8.62. The number of rotatable bonds is 8. The van der Waals surface area contributed by atoms with Crippen molar-refractivity contribution in [3.63, 3.8) is 0 Å². The van der Waals surface area contributed by atoms with Gasteiger partial charge in [0.15, 0.2) is 0 Å². The molecule has 0 saturated carbocycles. The summed E-state index contributed by atoms with van der Waals surface area (Å²) in [5.41, 5.74) is 4.00. The number of benzene rings is 3. The van der Waals surface area contributed by atoms with Gasteiger partial charge in [-0.3, -0.25) is 4.90 Å². The van der Waals surface area contributed by atoms with Gasteiger partial charge in [-0.05, 0) is 42.5 Å². The van der Waals surface area contributed by atoms with E-state index in [2.05, 4.69) is 95.9 Å². The van der Waals surface area contributed by atoms with Gasteiger partial charge in [0.2, 0.25) is 0 Å². The Balaban J connectivity index is 1.52. The summed E-state index contributed by atoms with van der Waals surface area (Å²) in [4.78, 5) is 15.5. The number of hydrogen-bond acceptors (Lipinski definition) is 2. The Morgan fingerprint density at radius 1 is 0.844 bits per heavy atom. The predicted molar refractivity (Wildman–Crippen MR) is 129 cm³/mol. The standard InChI is InChI=1S/C28H32N2O2/c31-28(32)29-19-16-26(17-20-29)30(22-23-10-4-1-5-11-23)21-18-27(24-12-6-2-7-13-24)25-14-8-3-9-15-25/h1-15,26-27H,16-22H2,(H,31,32). The van der Waals surface area contributed by atoms with Crippen molar-refractivity contribution in [2.24, 2.45) is 0 Å².